The highest BCUT2D eigenvalue weighted by Gasteiger charge is 2.48. The van der Waals surface area contributed by atoms with Crippen LogP contribution in [0.5, 0.6) is 0 Å². The Balaban J connectivity index is 2.12. The van der Waals surface area contributed by atoms with Gasteiger partial charge in [-0.3, -0.25) is 4.79 Å². The fourth-order valence-electron chi connectivity index (χ4n) is 2.27. The van der Waals surface area contributed by atoms with Gasteiger partial charge in [-0.1, -0.05) is 19.9 Å². The van der Waals surface area contributed by atoms with Gasteiger partial charge in [-0.2, -0.15) is 0 Å². The predicted molar refractivity (Wildman–Crippen MR) is 71.3 cm³/mol. The topological polar surface area (TPSA) is 75.4 Å². The van der Waals surface area contributed by atoms with E-state index in [2.05, 4.69) is 5.32 Å². The van der Waals surface area contributed by atoms with Crippen LogP contribution in [0, 0.1) is 12.3 Å². The molecular weight excluding hydrogens is 228 g/mol. The molecule has 1 aliphatic carbocycles. The molecule has 1 fully saturated rings. The standard InChI is InChI=1S/C14H20N2O2/c1-8-4-5-9(15)6-10(8)13(18)16-11-7-12(17)14(11,2)3/h4-6,11-12,17H,7,15H2,1-3H3,(H,16,18). The zero-order chi connectivity index (χ0) is 13.5. The summed E-state index contributed by atoms with van der Waals surface area (Å²) in [6.45, 7) is 5.80. The van der Waals surface area contributed by atoms with E-state index < -0.39 is 0 Å². The average Bonchev–Trinajstić information content (AvgIpc) is 2.31. The minimum Gasteiger partial charge on any atom is -0.399 e. The lowest BCUT2D eigenvalue weighted by Crippen LogP contribution is -2.61. The van der Waals surface area contributed by atoms with Crippen molar-refractivity contribution in [3.8, 4) is 0 Å². The zero-order valence-corrected chi connectivity index (χ0v) is 11.0. The van der Waals surface area contributed by atoms with Crippen molar-refractivity contribution in [2.75, 3.05) is 5.73 Å². The summed E-state index contributed by atoms with van der Waals surface area (Å²) < 4.78 is 0. The predicted octanol–water partition coefficient (Wildman–Crippen LogP) is 1.47. The molecule has 0 bridgehead atoms. The van der Waals surface area contributed by atoms with Crippen LogP contribution < -0.4 is 11.1 Å². The molecule has 1 saturated carbocycles. The van der Waals surface area contributed by atoms with Gasteiger partial charge >= 0.3 is 0 Å². The highest BCUT2D eigenvalue weighted by Crippen LogP contribution is 2.40. The van der Waals surface area contributed by atoms with E-state index in [4.69, 9.17) is 5.73 Å². The number of carbonyl (C=O) groups excluding carboxylic acids is 1. The van der Waals surface area contributed by atoms with Crippen molar-refractivity contribution in [1.29, 1.82) is 0 Å². The molecule has 2 atom stereocenters. The lowest BCUT2D eigenvalue weighted by Gasteiger charge is -2.49. The minimum atomic E-state index is -0.343. The summed E-state index contributed by atoms with van der Waals surface area (Å²) in [5.74, 6) is -0.121. The van der Waals surface area contributed by atoms with Crippen molar-refractivity contribution >= 4 is 11.6 Å². The lowest BCUT2D eigenvalue weighted by atomic mass is 9.64. The van der Waals surface area contributed by atoms with Gasteiger partial charge in [0.25, 0.3) is 5.91 Å². The third-order valence-corrected chi connectivity index (χ3v) is 4.03. The summed E-state index contributed by atoms with van der Waals surface area (Å²) >= 11 is 0. The smallest absolute Gasteiger partial charge is 0.251 e. The van der Waals surface area contributed by atoms with Gasteiger partial charge in [0, 0.05) is 22.7 Å². The average molecular weight is 248 g/mol. The molecule has 0 aliphatic heterocycles. The molecule has 1 aromatic carbocycles. The molecule has 4 nitrogen and oxygen atoms in total. The maximum Gasteiger partial charge on any atom is 0.251 e. The molecule has 1 aromatic rings. The van der Waals surface area contributed by atoms with Crippen LogP contribution in [-0.2, 0) is 0 Å². The Morgan fingerprint density at radius 1 is 1.50 bits per heavy atom. The second kappa shape index (κ2) is 4.28. The van der Waals surface area contributed by atoms with Crippen LogP contribution in [0.1, 0.15) is 36.2 Å². The maximum absolute atomic E-state index is 12.2. The molecule has 0 spiro atoms. The van der Waals surface area contributed by atoms with Crippen molar-refractivity contribution in [2.24, 2.45) is 5.41 Å². The molecule has 98 valence electrons. The first-order valence-electron chi connectivity index (χ1n) is 6.17. The number of hydrogen-bond donors (Lipinski definition) is 3. The van der Waals surface area contributed by atoms with Crippen LogP contribution in [-0.4, -0.2) is 23.2 Å². The number of nitrogen functional groups attached to an aromatic ring is 1. The Morgan fingerprint density at radius 2 is 2.17 bits per heavy atom. The fraction of sp³-hybridized carbons (Fsp3) is 0.500. The van der Waals surface area contributed by atoms with Crippen LogP contribution in [0.3, 0.4) is 0 Å². The summed E-state index contributed by atoms with van der Waals surface area (Å²) in [5.41, 5.74) is 7.53. The number of benzene rings is 1. The Kier molecular flexibility index (Phi) is 3.07. The molecule has 18 heavy (non-hydrogen) atoms. The SMILES string of the molecule is Cc1ccc(N)cc1C(=O)NC1CC(O)C1(C)C. The largest absolute Gasteiger partial charge is 0.399 e. The summed E-state index contributed by atoms with van der Waals surface area (Å²) in [6, 6.07) is 5.32. The van der Waals surface area contributed by atoms with Crippen LogP contribution >= 0.6 is 0 Å². The van der Waals surface area contributed by atoms with Gasteiger partial charge in [-0.15, -0.1) is 0 Å². The quantitative estimate of drug-likeness (QED) is 0.694. The highest BCUT2D eigenvalue weighted by molar-refractivity contribution is 5.96. The maximum atomic E-state index is 12.2. The van der Waals surface area contributed by atoms with E-state index >= 15 is 0 Å². The number of hydrogen-bond acceptors (Lipinski definition) is 3. The molecule has 2 unspecified atom stereocenters. The third-order valence-electron chi connectivity index (χ3n) is 4.03. The number of amides is 1. The molecular formula is C14H20N2O2. The lowest BCUT2D eigenvalue weighted by molar-refractivity contribution is -0.0689. The Bertz CT molecular complexity index is 483. The van der Waals surface area contributed by atoms with Crippen LogP contribution in [0.25, 0.3) is 0 Å². The molecule has 0 aromatic heterocycles. The molecule has 1 aliphatic rings. The number of anilines is 1. The first-order chi connectivity index (χ1) is 8.32. The van der Waals surface area contributed by atoms with Crippen molar-refractivity contribution in [3.05, 3.63) is 29.3 Å². The van der Waals surface area contributed by atoms with Gasteiger partial charge in [0.1, 0.15) is 0 Å². The van der Waals surface area contributed by atoms with Crippen LogP contribution in [0.15, 0.2) is 18.2 Å². The molecule has 0 radical (unpaired) electrons. The van der Waals surface area contributed by atoms with E-state index in [1.165, 1.54) is 0 Å². The number of aliphatic hydroxyl groups excluding tert-OH is 1. The fourth-order valence-corrected chi connectivity index (χ4v) is 2.27. The van der Waals surface area contributed by atoms with Crippen molar-refractivity contribution in [3.63, 3.8) is 0 Å². The second-order valence-electron chi connectivity index (χ2n) is 5.67. The van der Waals surface area contributed by atoms with Gasteiger partial charge in [0.15, 0.2) is 0 Å². The first-order valence-corrected chi connectivity index (χ1v) is 6.17. The molecule has 4 heteroatoms. The van der Waals surface area contributed by atoms with E-state index in [0.29, 0.717) is 17.7 Å². The van der Waals surface area contributed by atoms with Gasteiger partial charge in [0.05, 0.1) is 6.10 Å². The molecule has 4 N–H and O–H groups in total. The van der Waals surface area contributed by atoms with Crippen molar-refractivity contribution < 1.29 is 9.90 Å². The highest BCUT2D eigenvalue weighted by atomic mass is 16.3. The summed E-state index contributed by atoms with van der Waals surface area (Å²) in [7, 11) is 0. The number of nitrogens with one attached hydrogen (secondary N) is 1. The molecule has 0 heterocycles. The number of aliphatic hydroxyl groups is 1. The Hall–Kier alpha value is -1.55. The molecule has 1 amide bonds. The van der Waals surface area contributed by atoms with E-state index in [-0.39, 0.29) is 23.5 Å². The third kappa shape index (κ3) is 2.08. The Morgan fingerprint density at radius 3 is 2.72 bits per heavy atom. The van der Waals surface area contributed by atoms with Gasteiger partial charge < -0.3 is 16.2 Å². The first kappa shape index (κ1) is 12.9. The molecule has 0 saturated heterocycles. The number of nitrogens with two attached hydrogens (primary N) is 1. The van der Waals surface area contributed by atoms with Gasteiger partial charge in [-0.25, -0.2) is 0 Å². The van der Waals surface area contributed by atoms with Crippen molar-refractivity contribution in [1.82, 2.24) is 5.32 Å². The van der Waals surface area contributed by atoms with E-state index in [1.807, 2.05) is 26.8 Å². The van der Waals surface area contributed by atoms with Crippen LogP contribution in [0.4, 0.5) is 5.69 Å². The van der Waals surface area contributed by atoms with E-state index in [0.717, 1.165) is 5.56 Å². The number of carbonyl (C=O) groups is 1. The van der Waals surface area contributed by atoms with Crippen LogP contribution in [0.2, 0.25) is 0 Å². The number of rotatable bonds is 2. The van der Waals surface area contributed by atoms with Gasteiger partial charge in [-0.05, 0) is 31.0 Å². The van der Waals surface area contributed by atoms with E-state index in [1.54, 1.807) is 12.1 Å². The van der Waals surface area contributed by atoms with Gasteiger partial charge in [0.2, 0.25) is 0 Å². The summed E-state index contributed by atoms with van der Waals surface area (Å²) in [6.07, 6.45) is 0.268. The monoisotopic (exact) mass is 248 g/mol. The minimum absolute atomic E-state index is 0.0147. The zero-order valence-electron chi connectivity index (χ0n) is 11.0. The summed E-state index contributed by atoms with van der Waals surface area (Å²) in [4.78, 5) is 12.2. The summed E-state index contributed by atoms with van der Waals surface area (Å²) in [5, 5.41) is 12.6. The Labute approximate surface area is 107 Å². The molecule has 2 rings (SSSR count). The second-order valence-corrected chi connectivity index (χ2v) is 5.67. The van der Waals surface area contributed by atoms with Crippen molar-refractivity contribution in [2.45, 2.75) is 39.3 Å². The van der Waals surface area contributed by atoms with E-state index in [9.17, 15) is 9.90 Å². The normalized spacial score (nSPS) is 25.3. The number of aryl methyl sites for hydroxylation is 1.